The number of methoxy groups -OCH3 is 1. The monoisotopic (exact) mass is 172 g/mol. The maximum absolute atomic E-state index is 4.31. The highest BCUT2D eigenvalue weighted by atomic mass is 16.5. The molecule has 0 radical (unpaired) electrons. The molecule has 0 aromatic heterocycles. The first-order valence-corrected chi connectivity index (χ1v) is 4.20. The normalized spacial score (nSPS) is 4.42. The second-order valence-corrected chi connectivity index (χ2v) is 0.874. The second-order valence-electron chi connectivity index (χ2n) is 0.874. The van der Waals surface area contributed by atoms with Gasteiger partial charge in [0.25, 0.3) is 0 Å². The van der Waals surface area contributed by atoms with E-state index in [1.54, 1.807) is 19.3 Å². The molecule has 0 aromatic carbocycles. The molecule has 0 spiro atoms. The van der Waals surface area contributed by atoms with Crippen LogP contribution in [0, 0.1) is 0 Å². The summed E-state index contributed by atoms with van der Waals surface area (Å²) in [6.45, 7) is 18.0. The Morgan fingerprint density at radius 2 is 1.00 bits per heavy atom. The third-order valence-corrected chi connectivity index (χ3v) is 0.333. The quantitative estimate of drug-likeness (QED) is 0.448. The largest absolute Gasteiger partial charge is 0.505 e. The van der Waals surface area contributed by atoms with E-state index in [4.69, 9.17) is 0 Å². The van der Waals surface area contributed by atoms with Crippen molar-refractivity contribution in [1.82, 2.24) is 0 Å². The van der Waals surface area contributed by atoms with Gasteiger partial charge >= 0.3 is 0 Å². The van der Waals surface area contributed by atoms with Crippen molar-refractivity contribution in [3.63, 3.8) is 0 Å². The van der Waals surface area contributed by atoms with Crippen LogP contribution in [0.1, 0.15) is 27.7 Å². The molecule has 0 heterocycles. The van der Waals surface area contributed by atoms with E-state index in [0.717, 1.165) is 0 Å². The van der Waals surface area contributed by atoms with E-state index >= 15 is 0 Å². The molecule has 74 valence electrons. The molecule has 0 atom stereocenters. The number of allylic oxidation sites excluding steroid dienone is 2. The molecular formula is C11H24O. The molecule has 1 nitrogen and oxygen atoms in total. The van der Waals surface area contributed by atoms with Gasteiger partial charge in [0.2, 0.25) is 0 Å². The zero-order valence-corrected chi connectivity index (χ0v) is 9.26. The maximum atomic E-state index is 4.31. The maximum Gasteiger partial charge on any atom is 0.0766 e. The van der Waals surface area contributed by atoms with Crippen LogP contribution in [0.25, 0.3) is 0 Å². The fourth-order valence-corrected chi connectivity index (χ4v) is 0. The van der Waals surface area contributed by atoms with Crippen LogP contribution in [0.15, 0.2) is 38.2 Å². The number of hydrogen-bond donors (Lipinski definition) is 0. The Kier molecular flexibility index (Phi) is 167. The van der Waals surface area contributed by atoms with Crippen LogP contribution in [-0.4, -0.2) is 7.11 Å². The Morgan fingerprint density at radius 1 is 0.833 bits per heavy atom. The fourth-order valence-electron chi connectivity index (χ4n) is 0. The molecule has 0 aliphatic rings. The number of hydrogen-bond acceptors (Lipinski definition) is 1. The van der Waals surface area contributed by atoms with Gasteiger partial charge in [-0.05, 0) is 0 Å². The third-order valence-electron chi connectivity index (χ3n) is 0.333. The first-order valence-electron chi connectivity index (χ1n) is 4.20. The van der Waals surface area contributed by atoms with Crippen molar-refractivity contribution in [3.8, 4) is 0 Å². The summed E-state index contributed by atoms with van der Waals surface area (Å²) >= 11 is 0. The topological polar surface area (TPSA) is 9.23 Å². The summed E-state index contributed by atoms with van der Waals surface area (Å²) in [7, 11) is 1.56. The summed E-state index contributed by atoms with van der Waals surface area (Å²) in [5.41, 5.74) is 0. The predicted octanol–water partition coefficient (Wildman–Crippen LogP) is 4.19. The molecule has 0 amide bonds. The minimum absolute atomic E-state index is 1.38. The van der Waals surface area contributed by atoms with Crippen LogP contribution in [-0.2, 0) is 4.74 Å². The molecule has 0 bridgehead atoms. The van der Waals surface area contributed by atoms with Gasteiger partial charge < -0.3 is 4.74 Å². The molecule has 0 aromatic rings. The highest BCUT2D eigenvalue weighted by Gasteiger charge is 1.36. The Hall–Kier alpha value is -0.980. The smallest absolute Gasteiger partial charge is 0.0766 e. The number of rotatable bonds is 2. The van der Waals surface area contributed by atoms with E-state index < -0.39 is 0 Å². The first kappa shape index (κ1) is 22.5. The van der Waals surface area contributed by atoms with Crippen molar-refractivity contribution in [1.29, 1.82) is 0 Å². The first-order chi connectivity index (χ1) is 5.83. The lowest BCUT2D eigenvalue weighted by Crippen LogP contribution is -1.54. The minimum Gasteiger partial charge on any atom is -0.505 e. The van der Waals surface area contributed by atoms with Crippen molar-refractivity contribution in [2.24, 2.45) is 0 Å². The van der Waals surface area contributed by atoms with Crippen LogP contribution in [0.4, 0.5) is 0 Å². The highest BCUT2D eigenvalue weighted by Crippen LogP contribution is 1.52. The Balaban J connectivity index is -0.0000000380. The van der Waals surface area contributed by atoms with Crippen LogP contribution in [0.3, 0.4) is 0 Å². The van der Waals surface area contributed by atoms with E-state index in [-0.39, 0.29) is 0 Å². The van der Waals surface area contributed by atoms with Gasteiger partial charge in [-0.1, -0.05) is 59.6 Å². The molecule has 0 rings (SSSR count). The predicted molar refractivity (Wildman–Crippen MR) is 60.3 cm³/mol. The van der Waals surface area contributed by atoms with Gasteiger partial charge in [0.1, 0.15) is 0 Å². The lowest BCUT2D eigenvalue weighted by molar-refractivity contribution is 0.339. The van der Waals surface area contributed by atoms with Crippen molar-refractivity contribution in [2.75, 3.05) is 7.11 Å². The van der Waals surface area contributed by atoms with Gasteiger partial charge in [0, 0.05) is 0 Å². The highest BCUT2D eigenvalue weighted by molar-refractivity contribution is 4.88. The standard InChI is InChI=1S/C4H6.C3H6O.2C2H6/c2*1-3-4-2;2*1-2/h3-4H,1-2H2;3H,1H2,2H3;2*1-2H3. The average molecular weight is 172 g/mol. The summed E-state index contributed by atoms with van der Waals surface area (Å²) in [6, 6.07) is 0. The van der Waals surface area contributed by atoms with E-state index in [2.05, 4.69) is 24.5 Å². The Morgan fingerprint density at radius 3 is 1.00 bits per heavy atom. The molecule has 0 saturated carbocycles. The van der Waals surface area contributed by atoms with Crippen molar-refractivity contribution in [3.05, 3.63) is 38.2 Å². The molecular weight excluding hydrogens is 148 g/mol. The molecule has 0 unspecified atom stereocenters. The molecule has 0 N–H and O–H groups in total. The molecule has 0 aliphatic heterocycles. The second kappa shape index (κ2) is 89.4. The van der Waals surface area contributed by atoms with Crippen LogP contribution in [0.5, 0.6) is 0 Å². The summed E-state index contributed by atoms with van der Waals surface area (Å²) in [5, 5.41) is 0. The molecule has 12 heavy (non-hydrogen) atoms. The van der Waals surface area contributed by atoms with E-state index in [1.807, 2.05) is 27.7 Å². The summed E-state index contributed by atoms with van der Waals surface area (Å²) in [5.74, 6) is 0. The van der Waals surface area contributed by atoms with Crippen LogP contribution < -0.4 is 0 Å². The third kappa shape index (κ3) is 558. The summed E-state index contributed by atoms with van der Waals surface area (Å²) in [4.78, 5) is 0. The summed E-state index contributed by atoms with van der Waals surface area (Å²) in [6.07, 6.45) is 4.65. The molecule has 0 saturated heterocycles. The average Bonchev–Trinajstić information content (AvgIpc) is 2.23. The fraction of sp³-hybridized carbons (Fsp3) is 0.455. The molecule has 0 aliphatic carbocycles. The van der Waals surface area contributed by atoms with Gasteiger partial charge in [-0.2, -0.15) is 0 Å². The zero-order valence-electron chi connectivity index (χ0n) is 9.26. The van der Waals surface area contributed by atoms with Crippen molar-refractivity contribution < 1.29 is 4.74 Å². The summed E-state index contributed by atoms with van der Waals surface area (Å²) < 4.78 is 4.31. The lowest BCUT2D eigenvalue weighted by atomic mass is 10.6. The van der Waals surface area contributed by atoms with Gasteiger partial charge in [-0.3, -0.25) is 0 Å². The van der Waals surface area contributed by atoms with Gasteiger partial charge in [0.05, 0.1) is 13.4 Å². The van der Waals surface area contributed by atoms with Crippen molar-refractivity contribution in [2.45, 2.75) is 27.7 Å². The van der Waals surface area contributed by atoms with Crippen LogP contribution >= 0.6 is 0 Å². The number of ether oxygens (including phenoxy) is 1. The van der Waals surface area contributed by atoms with Gasteiger partial charge in [-0.15, -0.1) is 0 Å². The van der Waals surface area contributed by atoms with E-state index in [0.29, 0.717) is 0 Å². The minimum atomic E-state index is 1.38. The molecule has 1 heteroatoms. The zero-order chi connectivity index (χ0) is 10.8. The Labute approximate surface area is 78.5 Å². The van der Waals surface area contributed by atoms with Gasteiger partial charge in [0.15, 0.2) is 0 Å². The molecule has 0 fully saturated rings. The van der Waals surface area contributed by atoms with Crippen LogP contribution in [0.2, 0.25) is 0 Å². The van der Waals surface area contributed by atoms with Gasteiger partial charge in [-0.25, -0.2) is 0 Å². The van der Waals surface area contributed by atoms with Crippen molar-refractivity contribution >= 4 is 0 Å². The lowest BCUT2D eigenvalue weighted by Gasteiger charge is -1.73. The SMILES string of the molecule is C=CC=C.C=COC.CC.CC. The van der Waals surface area contributed by atoms with E-state index in [9.17, 15) is 0 Å². The van der Waals surface area contributed by atoms with E-state index in [1.165, 1.54) is 6.26 Å². The Bertz CT molecular complexity index is 59.4.